The van der Waals surface area contributed by atoms with Crippen molar-refractivity contribution in [3.8, 4) is 17.2 Å². The van der Waals surface area contributed by atoms with E-state index in [-0.39, 0.29) is 5.75 Å². The van der Waals surface area contributed by atoms with Crippen LogP contribution >= 0.6 is 0 Å². The lowest BCUT2D eigenvalue weighted by molar-refractivity contribution is 0.158. The van der Waals surface area contributed by atoms with Crippen molar-refractivity contribution in [2.45, 2.75) is 32.6 Å². The average Bonchev–Trinajstić information content (AvgIpc) is 2.89. The maximum atomic E-state index is 12.7. The van der Waals surface area contributed by atoms with Crippen LogP contribution in [-0.4, -0.2) is 106 Å². The fraction of sp³-hybridized carbons (Fsp3) is 0.720. The van der Waals surface area contributed by atoms with Crippen molar-refractivity contribution >= 4 is 16.1 Å². The van der Waals surface area contributed by atoms with E-state index in [1.165, 1.54) is 0 Å². The van der Waals surface area contributed by atoms with Gasteiger partial charge in [-0.05, 0) is 69.9 Å². The Hall–Kier alpha value is -2.08. The Labute approximate surface area is 214 Å². The molecule has 0 aromatic heterocycles. The molecular weight excluding hydrogens is 484 g/mol. The van der Waals surface area contributed by atoms with Crippen molar-refractivity contribution < 1.29 is 27.4 Å². The van der Waals surface area contributed by atoms with E-state index in [4.69, 9.17) is 14.2 Å². The van der Waals surface area contributed by atoms with Gasteiger partial charge in [-0.1, -0.05) is 13.0 Å². The van der Waals surface area contributed by atoms with E-state index < -0.39 is 16.1 Å². The number of ether oxygens (including phenoxy) is 3. The van der Waals surface area contributed by atoms with Crippen molar-refractivity contribution in [2.75, 3.05) is 77.9 Å². The molecular formula is C25H40N4O6S. The highest BCUT2D eigenvalue weighted by molar-refractivity contribution is 7.89. The van der Waals surface area contributed by atoms with Gasteiger partial charge in [-0.3, -0.25) is 0 Å². The molecule has 2 fully saturated rings. The summed E-state index contributed by atoms with van der Waals surface area (Å²) in [5, 5.41) is 2.87. The van der Waals surface area contributed by atoms with Gasteiger partial charge in [0.1, 0.15) is 13.2 Å². The summed E-state index contributed by atoms with van der Waals surface area (Å²) < 4.78 is 43.7. The number of hydrogen-bond donors (Lipinski definition) is 1. The molecule has 0 unspecified atom stereocenters. The van der Waals surface area contributed by atoms with Gasteiger partial charge in [0.05, 0.1) is 5.75 Å². The highest BCUT2D eigenvalue weighted by atomic mass is 32.2. The van der Waals surface area contributed by atoms with E-state index in [1.807, 2.05) is 0 Å². The summed E-state index contributed by atoms with van der Waals surface area (Å²) in [7, 11) is -3.18. The van der Waals surface area contributed by atoms with Crippen LogP contribution in [0, 0.1) is 5.92 Å². The van der Waals surface area contributed by atoms with E-state index in [2.05, 4.69) is 22.0 Å². The number of likely N-dealkylation sites (tertiary alicyclic amines) is 1. The minimum absolute atomic E-state index is 0.214. The van der Waals surface area contributed by atoms with Gasteiger partial charge in [-0.2, -0.15) is 4.31 Å². The van der Waals surface area contributed by atoms with Gasteiger partial charge in [-0.15, -0.1) is 0 Å². The molecule has 4 rings (SSSR count). The summed E-state index contributed by atoms with van der Waals surface area (Å²) in [6.07, 6.45) is 3.18. The van der Waals surface area contributed by atoms with Gasteiger partial charge in [0.15, 0.2) is 11.5 Å². The van der Waals surface area contributed by atoms with E-state index in [9.17, 15) is 13.2 Å². The minimum Gasteiger partial charge on any atom is -0.486 e. The quantitative estimate of drug-likeness (QED) is 0.496. The molecule has 3 heterocycles. The normalized spacial score (nSPS) is 20.2. The summed E-state index contributed by atoms with van der Waals surface area (Å²) in [6, 6.07) is 5.25. The standard InChI is InChI=1S/C25H40N4O6S/c1-2-9-27-13-15-29(16-14-27)36(31,32)19-4-10-28-11-7-21(8-12-28)20-26-25(30)35-23-6-3-5-22-24(23)34-18-17-33-22/h3,5-6,21H,2,4,7-20H2,1H3,(H,26,30). The molecule has 0 aliphatic carbocycles. The zero-order valence-corrected chi connectivity index (χ0v) is 22.1. The molecule has 0 atom stereocenters. The first-order chi connectivity index (χ1) is 17.4. The second kappa shape index (κ2) is 12.9. The minimum atomic E-state index is -3.18. The number of piperidine rings is 1. The highest BCUT2D eigenvalue weighted by Gasteiger charge is 2.27. The van der Waals surface area contributed by atoms with Gasteiger partial charge in [0.2, 0.25) is 15.8 Å². The third kappa shape index (κ3) is 7.47. The van der Waals surface area contributed by atoms with Crippen LogP contribution in [-0.2, 0) is 10.0 Å². The fourth-order valence-electron chi connectivity index (χ4n) is 5.05. The largest absolute Gasteiger partial charge is 0.486 e. The number of hydrogen-bond acceptors (Lipinski definition) is 8. The summed E-state index contributed by atoms with van der Waals surface area (Å²) in [5.74, 6) is 2.00. The molecule has 1 amide bonds. The molecule has 1 N–H and O–H groups in total. The number of nitrogens with one attached hydrogen (secondary N) is 1. The molecule has 1 aromatic rings. The van der Waals surface area contributed by atoms with Crippen LogP contribution in [0.5, 0.6) is 17.2 Å². The molecule has 11 heteroatoms. The maximum Gasteiger partial charge on any atom is 0.412 e. The molecule has 2 saturated heterocycles. The molecule has 0 spiro atoms. The van der Waals surface area contributed by atoms with Crippen LogP contribution in [0.15, 0.2) is 18.2 Å². The van der Waals surface area contributed by atoms with Gasteiger partial charge >= 0.3 is 6.09 Å². The second-order valence-electron chi connectivity index (χ2n) is 9.75. The number of fused-ring (bicyclic) bond motifs is 1. The summed E-state index contributed by atoms with van der Waals surface area (Å²) in [4.78, 5) is 17.0. The van der Waals surface area contributed by atoms with E-state index in [0.29, 0.717) is 62.4 Å². The van der Waals surface area contributed by atoms with Crippen LogP contribution in [0.1, 0.15) is 32.6 Å². The fourth-order valence-corrected chi connectivity index (χ4v) is 6.52. The first-order valence-corrected chi connectivity index (χ1v) is 14.8. The Morgan fingerprint density at radius 3 is 2.50 bits per heavy atom. The zero-order valence-electron chi connectivity index (χ0n) is 21.3. The van der Waals surface area contributed by atoms with Crippen LogP contribution < -0.4 is 19.5 Å². The third-order valence-corrected chi connectivity index (χ3v) is 9.07. The number of carbonyl (C=O) groups excluding carboxylic acids is 1. The zero-order chi connectivity index (χ0) is 25.4. The van der Waals surface area contributed by atoms with E-state index in [1.54, 1.807) is 22.5 Å². The van der Waals surface area contributed by atoms with Crippen molar-refractivity contribution in [3.63, 3.8) is 0 Å². The molecule has 1 aromatic carbocycles. The Balaban J connectivity index is 1.11. The number of sulfonamides is 1. The number of nitrogens with zero attached hydrogens (tertiary/aromatic N) is 3. The maximum absolute atomic E-state index is 12.7. The first kappa shape index (κ1) is 27.0. The Kier molecular flexibility index (Phi) is 9.69. The Morgan fingerprint density at radius 1 is 1.03 bits per heavy atom. The lowest BCUT2D eigenvalue weighted by atomic mass is 9.97. The van der Waals surface area contributed by atoms with E-state index in [0.717, 1.165) is 58.5 Å². The Bertz CT molecular complexity index is 959. The first-order valence-electron chi connectivity index (χ1n) is 13.2. The number of rotatable bonds is 10. The number of piperazine rings is 1. The van der Waals surface area contributed by atoms with Crippen molar-refractivity contribution in [1.29, 1.82) is 0 Å². The average molecular weight is 525 g/mol. The predicted octanol–water partition coefficient (Wildman–Crippen LogP) is 2.01. The molecule has 3 aliphatic heterocycles. The monoisotopic (exact) mass is 524 g/mol. The van der Waals surface area contributed by atoms with Crippen molar-refractivity contribution in [2.24, 2.45) is 5.92 Å². The molecule has 0 bridgehead atoms. The third-order valence-electron chi connectivity index (χ3n) is 7.12. The molecule has 36 heavy (non-hydrogen) atoms. The van der Waals surface area contributed by atoms with Gasteiger partial charge in [-0.25, -0.2) is 13.2 Å². The summed E-state index contributed by atoms with van der Waals surface area (Å²) >= 11 is 0. The highest BCUT2D eigenvalue weighted by Crippen LogP contribution is 2.38. The summed E-state index contributed by atoms with van der Waals surface area (Å²) in [5.41, 5.74) is 0. The second-order valence-corrected chi connectivity index (χ2v) is 11.8. The number of benzene rings is 1. The van der Waals surface area contributed by atoms with Crippen LogP contribution in [0.2, 0.25) is 0 Å². The molecule has 0 radical (unpaired) electrons. The number of carbonyl (C=O) groups is 1. The van der Waals surface area contributed by atoms with Crippen LogP contribution in [0.3, 0.4) is 0 Å². The molecule has 10 nitrogen and oxygen atoms in total. The smallest absolute Gasteiger partial charge is 0.412 e. The van der Waals surface area contributed by atoms with Crippen LogP contribution in [0.25, 0.3) is 0 Å². The topological polar surface area (TPSA) is 101 Å². The number of amides is 1. The van der Waals surface area contributed by atoms with Gasteiger partial charge in [0, 0.05) is 32.7 Å². The van der Waals surface area contributed by atoms with Crippen LogP contribution in [0.4, 0.5) is 4.79 Å². The number of para-hydroxylation sites is 1. The van der Waals surface area contributed by atoms with Gasteiger partial charge < -0.3 is 29.3 Å². The Morgan fingerprint density at radius 2 is 1.75 bits per heavy atom. The molecule has 3 aliphatic rings. The lowest BCUT2D eigenvalue weighted by Crippen LogP contribution is -2.49. The SMILES string of the molecule is CCCN1CCN(S(=O)(=O)CCCN2CCC(CNC(=O)Oc3cccc4c3OCCO4)CC2)CC1. The molecule has 202 valence electrons. The predicted molar refractivity (Wildman–Crippen MR) is 137 cm³/mol. The van der Waals surface area contributed by atoms with Gasteiger partial charge in [0.25, 0.3) is 0 Å². The summed E-state index contributed by atoms with van der Waals surface area (Å²) in [6.45, 7) is 10.1. The lowest BCUT2D eigenvalue weighted by Gasteiger charge is -2.34. The van der Waals surface area contributed by atoms with Crippen molar-refractivity contribution in [1.82, 2.24) is 19.4 Å². The molecule has 0 saturated carbocycles. The van der Waals surface area contributed by atoms with Crippen molar-refractivity contribution in [3.05, 3.63) is 18.2 Å². The van der Waals surface area contributed by atoms with E-state index >= 15 is 0 Å².